The number of fused-ring (bicyclic) bond motifs is 7. The van der Waals surface area contributed by atoms with Gasteiger partial charge in [-0.25, -0.2) is 0 Å². The summed E-state index contributed by atoms with van der Waals surface area (Å²) in [5.41, 5.74) is 16.2. The van der Waals surface area contributed by atoms with Crippen molar-refractivity contribution in [2.75, 3.05) is 0 Å². The summed E-state index contributed by atoms with van der Waals surface area (Å²) in [5.74, 6) is 3.75. The van der Waals surface area contributed by atoms with E-state index in [0.717, 1.165) is 23.0 Å². The van der Waals surface area contributed by atoms with Gasteiger partial charge in [-0.05, 0) is 79.3 Å². The first kappa shape index (κ1) is 24.3. The molecule has 47 heavy (non-hydrogen) atoms. The van der Waals surface area contributed by atoms with E-state index < -0.39 is 0 Å². The molecule has 0 spiro atoms. The number of benzene rings is 7. The molecule has 3 nitrogen and oxygen atoms in total. The molecule has 12 rings (SSSR count). The molecular weight excluding hydrogens is 572 g/mol. The molecular formula is C42H23B2NO2. The summed E-state index contributed by atoms with van der Waals surface area (Å²) in [4.78, 5) is 0. The summed E-state index contributed by atoms with van der Waals surface area (Å²) in [7, 11) is 0. The number of nitrogens with zero attached hydrogens (tertiary/aromatic N) is 1. The maximum absolute atomic E-state index is 6.86. The van der Waals surface area contributed by atoms with Crippen LogP contribution in [0.3, 0.4) is 0 Å². The van der Waals surface area contributed by atoms with Crippen LogP contribution in [0.25, 0.3) is 49.7 Å². The normalized spacial score (nSPS) is 13.8. The molecule has 0 bridgehead atoms. The van der Waals surface area contributed by atoms with Crippen molar-refractivity contribution in [3.05, 3.63) is 140 Å². The first-order valence-electron chi connectivity index (χ1n) is 16.3. The standard InChI is InChI=1S/C42H23B2NO2/c1-3-12-24(13-4-1)26-22-34-38-41-36(26)37-27(25-14-5-2-6-15-25)23-35-39-42(37)45(41)40-30(43(38)28-16-7-9-20-32(28)46-34)18-11-19-31(40)44(39)29-17-8-10-21-33(29)47-35/h1-23H. The van der Waals surface area contributed by atoms with Gasteiger partial charge in [0.2, 0.25) is 0 Å². The van der Waals surface area contributed by atoms with Gasteiger partial charge in [-0.15, -0.1) is 0 Å². The van der Waals surface area contributed by atoms with Crippen molar-refractivity contribution >= 4 is 68.0 Å². The highest BCUT2D eigenvalue weighted by molar-refractivity contribution is 7.03. The van der Waals surface area contributed by atoms with Crippen molar-refractivity contribution in [2.24, 2.45) is 0 Å². The van der Waals surface area contributed by atoms with Crippen LogP contribution in [0.1, 0.15) is 0 Å². The summed E-state index contributed by atoms with van der Waals surface area (Å²) >= 11 is 0. The number of ether oxygens (including phenoxy) is 2. The zero-order valence-corrected chi connectivity index (χ0v) is 25.2. The van der Waals surface area contributed by atoms with Crippen LogP contribution in [-0.2, 0) is 0 Å². The summed E-state index contributed by atoms with van der Waals surface area (Å²) < 4.78 is 16.3. The fourth-order valence-corrected chi connectivity index (χ4v) is 9.17. The van der Waals surface area contributed by atoms with E-state index in [0.29, 0.717) is 0 Å². The summed E-state index contributed by atoms with van der Waals surface area (Å²) in [6.45, 7) is 0.121. The minimum Gasteiger partial charge on any atom is -0.458 e. The summed E-state index contributed by atoms with van der Waals surface area (Å²) in [5, 5.41) is 2.55. The third-order valence-electron chi connectivity index (χ3n) is 10.9. The molecule has 0 aliphatic carbocycles. The zero-order valence-electron chi connectivity index (χ0n) is 25.2. The Morgan fingerprint density at radius 1 is 0.404 bits per heavy atom. The first-order valence-corrected chi connectivity index (χ1v) is 16.3. The lowest BCUT2D eigenvalue weighted by Crippen LogP contribution is -2.64. The second kappa shape index (κ2) is 8.45. The molecule has 0 atom stereocenters. The molecule has 4 aliphatic heterocycles. The minimum absolute atomic E-state index is 0.0605. The molecule has 0 radical (unpaired) electrons. The molecule has 5 heterocycles. The number of hydrogen-bond donors (Lipinski definition) is 0. The highest BCUT2D eigenvalue weighted by Gasteiger charge is 2.48. The van der Waals surface area contributed by atoms with Crippen LogP contribution < -0.4 is 42.3 Å². The van der Waals surface area contributed by atoms with E-state index in [9.17, 15) is 0 Å². The smallest absolute Gasteiger partial charge is 0.256 e. The molecule has 0 fully saturated rings. The van der Waals surface area contributed by atoms with Gasteiger partial charge in [0.1, 0.15) is 23.0 Å². The second-order valence-electron chi connectivity index (χ2n) is 13.1. The van der Waals surface area contributed by atoms with E-state index in [2.05, 4.69) is 144 Å². The number of hydrogen-bond acceptors (Lipinski definition) is 2. The van der Waals surface area contributed by atoms with Crippen molar-refractivity contribution in [3.63, 3.8) is 0 Å². The van der Waals surface area contributed by atoms with Crippen LogP contribution in [0.4, 0.5) is 0 Å². The molecule has 8 aromatic rings. The van der Waals surface area contributed by atoms with Crippen molar-refractivity contribution < 1.29 is 9.47 Å². The number of para-hydroxylation sites is 3. The zero-order chi connectivity index (χ0) is 30.4. The van der Waals surface area contributed by atoms with Gasteiger partial charge >= 0.3 is 0 Å². The van der Waals surface area contributed by atoms with E-state index in [1.807, 2.05) is 0 Å². The van der Waals surface area contributed by atoms with Gasteiger partial charge in [0, 0.05) is 16.5 Å². The quantitative estimate of drug-likeness (QED) is 0.230. The maximum atomic E-state index is 6.86. The van der Waals surface area contributed by atoms with Gasteiger partial charge in [-0.2, -0.15) is 0 Å². The number of rotatable bonds is 2. The second-order valence-corrected chi connectivity index (χ2v) is 13.1. The van der Waals surface area contributed by atoms with Gasteiger partial charge < -0.3 is 14.0 Å². The van der Waals surface area contributed by atoms with E-state index >= 15 is 0 Å². The summed E-state index contributed by atoms with van der Waals surface area (Å²) in [6.07, 6.45) is 0. The van der Waals surface area contributed by atoms with Crippen LogP contribution in [0, 0.1) is 0 Å². The first-order chi connectivity index (χ1) is 23.3. The molecule has 0 amide bonds. The molecule has 7 aromatic carbocycles. The molecule has 0 N–H and O–H groups in total. The van der Waals surface area contributed by atoms with E-state index in [4.69, 9.17) is 9.47 Å². The fourth-order valence-electron chi connectivity index (χ4n) is 9.17. The molecule has 5 heteroatoms. The predicted octanol–water partition coefficient (Wildman–Crippen LogP) is 5.99. The van der Waals surface area contributed by atoms with E-state index in [-0.39, 0.29) is 13.4 Å². The molecule has 214 valence electrons. The lowest BCUT2D eigenvalue weighted by molar-refractivity contribution is 0.488. The average Bonchev–Trinajstić information content (AvgIpc) is 3.50. The predicted molar refractivity (Wildman–Crippen MR) is 194 cm³/mol. The highest BCUT2D eigenvalue weighted by Crippen LogP contribution is 2.49. The minimum atomic E-state index is 0.0605. The van der Waals surface area contributed by atoms with Crippen LogP contribution >= 0.6 is 0 Å². The topological polar surface area (TPSA) is 23.4 Å². The fraction of sp³-hybridized carbons (Fsp3) is 0. The SMILES string of the molecule is c1ccc(-c2cc3c4c5c2c2c(-c6ccccc6)cc6c7c2n5-c2c(cccc2B7c2ccccc2O6)B4c2ccccc2O3)cc1. The number of aromatic nitrogens is 1. The largest absolute Gasteiger partial charge is 0.458 e. The van der Waals surface area contributed by atoms with Gasteiger partial charge in [0.05, 0.1) is 11.0 Å². The highest BCUT2D eigenvalue weighted by atomic mass is 16.5. The third kappa shape index (κ3) is 2.88. The molecule has 4 aliphatic rings. The lowest BCUT2D eigenvalue weighted by Gasteiger charge is -2.38. The Hall–Kier alpha value is -5.93. The molecule has 0 unspecified atom stereocenters. The Bertz CT molecular complexity index is 2520. The maximum Gasteiger partial charge on any atom is 0.256 e. The Morgan fingerprint density at radius 2 is 0.830 bits per heavy atom. The lowest BCUT2D eigenvalue weighted by atomic mass is 9.30. The third-order valence-corrected chi connectivity index (χ3v) is 10.9. The van der Waals surface area contributed by atoms with Crippen molar-refractivity contribution in [1.82, 2.24) is 4.57 Å². The molecule has 0 saturated carbocycles. The van der Waals surface area contributed by atoms with Crippen LogP contribution in [0.5, 0.6) is 23.0 Å². The van der Waals surface area contributed by atoms with Crippen molar-refractivity contribution in [3.8, 4) is 50.9 Å². The van der Waals surface area contributed by atoms with E-state index in [1.165, 1.54) is 82.5 Å². The van der Waals surface area contributed by atoms with Crippen LogP contribution in [-0.4, -0.2) is 18.0 Å². The Labute approximate surface area is 271 Å². The average molecular weight is 595 g/mol. The molecule has 1 aromatic heterocycles. The van der Waals surface area contributed by atoms with Gasteiger partial charge in [0.15, 0.2) is 0 Å². The van der Waals surface area contributed by atoms with Gasteiger partial charge in [-0.1, -0.05) is 115 Å². The van der Waals surface area contributed by atoms with Crippen LogP contribution in [0.15, 0.2) is 140 Å². The van der Waals surface area contributed by atoms with Gasteiger partial charge in [-0.3, -0.25) is 0 Å². The summed E-state index contributed by atoms with van der Waals surface area (Å²) in [6, 6.07) is 50.4. The Morgan fingerprint density at radius 3 is 1.32 bits per heavy atom. The van der Waals surface area contributed by atoms with Crippen molar-refractivity contribution in [1.29, 1.82) is 0 Å². The van der Waals surface area contributed by atoms with Gasteiger partial charge in [0.25, 0.3) is 13.4 Å². The van der Waals surface area contributed by atoms with Crippen molar-refractivity contribution in [2.45, 2.75) is 0 Å². The van der Waals surface area contributed by atoms with E-state index in [1.54, 1.807) is 0 Å². The van der Waals surface area contributed by atoms with Crippen LogP contribution in [0.2, 0.25) is 0 Å². The monoisotopic (exact) mass is 595 g/mol. The molecule has 0 saturated heterocycles. The Kier molecular flexibility index (Phi) is 4.37. The Balaban J connectivity index is 1.38.